The monoisotopic (exact) mass is 343 g/mol. The Morgan fingerprint density at radius 2 is 1.92 bits per heavy atom. The van der Waals surface area contributed by atoms with Crippen LogP contribution in [0.4, 0.5) is 0 Å². The molecule has 0 fully saturated rings. The quantitative estimate of drug-likeness (QED) is 0.783. The van der Waals surface area contributed by atoms with E-state index in [0.717, 1.165) is 11.1 Å². The van der Waals surface area contributed by atoms with Crippen LogP contribution in [0, 0.1) is 0 Å². The normalized spacial score (nSPS) is 24.0. The van der Waals surface area contributed by atoms with E-state index >= 15 is 0 Å². The summed E-state index contributed by atoms with van der Waals surface area (Å²) in [5.41, 5.74) is 0.498. The van der Waals surface area contributed by atoms with Crippen LogP contribution in [0.25, 0.3) is 6.08 Å². The Hall–Kier alpha value is -2.60. The second-order valence-corrected chi connectivity index (χ2v) is 5.88. The van der Waals surface area contributed by atoms with Crippen LogP contribution in [0.3, 0.4) is 0 Å². The van der Waals surface area contributed by atoms with Crippen LogP contribution in [0.1, 0.15) is 38.1 Å². The van der Waals surface area contributed by atoms with E-state index in [9.17, 15) is 9.59 Å². The van der Waals surface area contributed by atoms with Gasteiger partial charge in [-0.3, -0.25) is 0 Å². The fraction of sp³-hybridized carbons (Fsp3) is 0.368. The minimum absolute atomic E-state index is 0.119. The van der Waals surface area contributed by atoms with E-state index in [4.69, 9.17) is 14.2 Å². The minimum Gasteiger partial charge on any atom is -0.464 e. The van der Waals surface area contributed by atoms with Gasteiger partial charge in [-0.25, -0.2) is 9.59 Å². The van der Waals surface area contributed by atoms with Gasteiger partial charge in [0.15, 0.2) is 11.8 Å². The van der Waals surface area contributed by atoms with Crippen LogP contribution in [0.5, 0.6) is 0 Å². The van der Waals surface area contributed by atoms with Crippen LogP contribution in [-0.4, -0.2) is 35.7 Å². The van der Waals surface area contributed by atoms with Crippen molar-refractivity contribution in [2.75, 3.05) is 13.2 Å². The number of hydrogen-bond donors (Lipinski definition) is 0. The molecule has 0 N–H and O–H groups in total. The topological polar surface area (TPSA) is 65.1 Å². The fourth-order valence-corrected chi connectivity index (χ4v) is 2.97. The first kappa shape index (κ1) is 17.2. The summed E-state index contributed by atoms with van der Waals surface area (Å²) in [4.78, 5) is 26.8. The summed E-state index contributed by atoms with van der Waals surface area (Å²) in [6.45, 7) is 5.37. The van der Waals surface area contributed by atoms with Crippen LogP contribution in [-0.2, 0) is 23.8 Å². The molecule has 0 aliphatic carbocycles. The maximum absolute atomic E-state index is 12.6. The standard InChI is InChI=1S/C19H21NO5/c1-4-23-17(21)15-12-20-11-10-13-8-6-7-9-14(13)16(20)25-19(15,3)18(22)24-5-2/h6-12,16H,4-5H2,1-3H3. The number of rotatable bonds is 4. The Labute approximate surface area is 146 Å². The van der Waals surface area contributed by atoms with Crippen molar-refractivity contribution in [1.82, 2.24) is 4.90 Å². The van der Waals surface area contributed by atoms with E-state index in [-0.39, 0.29) is 18.8 Å². The Morgan fingerprint density at radius 1 is 1.20 bits per heavy atom. The van der Waals surface area contributed by atoms with Gasteiger partial charge < -0.3 is 19.1 Å². The first-order valence-electron chi connectivity index (χ1n) is 8.30. The molecule has 1 aromatic rings. The summed E-state index contributed by atoms with van der Waals surface area (Å²) in [5.74, 6) is -1.20. The molecule has 6 heteroatoms. The molecule has 6 nitrogen and oxygen atoms in total. The fourth-order valence-electron chi connectivity index (χ4n) is 2.97. The van der Waals surface area contributed by atoms with E-state index < -0.39 is 23.8 Å². The molecule has 0 saturated carbocycles. The van der Waals surface area contributed by atoms with Gasteiger partial charge in [-0.2, -0.15) is 0 Å². The summed E-state index contributed by atoms with van der Waals surface area (Å²) in [5, 5.41) is 0. The Balaban J connectivity index is 2.07. The van der Waals surface area contributed by atoms with Crippen molar-refractivity contribution in [2.45, 2.75) is 32.6 Å². The van der Waals surface area contributed by atoms with Gasteiger partial charge in [0, 0.05) is 18.0 Å². The van der Waals surface area contributed by atoms with Gasteiger partial charge in [0.1, 0.15) is 0 Å². The largest absolute Gasteiger partial charge is 0.464 e. The smallest absolute Gasteiger partial charge is 0.343 e. The number of carbonyl (C=O) groups excluding carboxylic acids is 2. The van der Waals surface area contributed by atoms with E-state index in [1.165, 1.54) is 0 Å². The van der Waals surface area contributed by atoms with Crippen molar-refractivity contribution in [3.8, 4) is 0 Å². The first-order valence-corrected chi connectivity index (χ1v) is 8.30. The molecule has 0 radical (unpaired) electrons. The van der Waals surface area contributed by atoms with E-state index in [1.54, 1.807) is 31.9 Å². The van der Waals surface area contributed by atoms with E-state index in [2.05, 4.69) is 0 Å². The zero-order chi connectivity index (χ0) is 18.0. The zero-order valence-electron chi connectivity index (χ0n) is 14.5. The van der Waals surface area contributed by atoms with Gasteiger partial charge in [0.05, 0.1) is 18.8 Å². The number of nitrogens with zero attached hydrogens (tertiary/aromatic N) is 1. The van der Waals surface area contributed by atoms with Crippen molar-refractivity contribution in [1.29, 1.82) is 0 Å². The highest BCUT2D eigenvalue weighted by Crippen LogP contribution is 2.42. The highest BCUT2D eigenvalue weighted by Gasteiger charge is 2.50. The molecule has 132 valence electrons. The number of esters is 2. The Morgan fingerprint density at radius 3 is 2.64 bits per heavy atom. The second kappa shape index (κ2) is 6.72. The molecule has 2 atom stereocenters. The molecule has 2 aliphatic heterocycles. The molecule has 3 rings (SSSR count). The van der Waals surface area contributed by atoms with Gasteiger partial charge in [-0.05, 0) is 32.4 Å². The average Bonchev–Trinajstić information content (AvgIpc) is 2.61. The average molecular weight is 343 g/mol. The summed E-state index contributed by atoms with van der Waals surface area (Å²) < 4.78 is 16.4. The van der Waals surface area contributed by atoms with Crippen molar-refractivity contribution in [2.24, 2.45) is 0 Å². The van der Waals surface area contributed by atoms with Gasteiger partial charge in [-0.15, -0.1) is 0 Å². The third kappa shape index (κ3) is 2.93. The molecule has 0 spiro atoms. The summed E-state index contributed by atoms with van der Waals surface area (Å²) in [6.07, 6.45) is 4.84. The molecular formula is C19H21NO5. The molecule has 2 unspecified atom stereocenters. The van der Waals surface area contributed by atoms with Crippen molar-refractivity contribution in [3.05, 3.63) is 53.4 Å². The maximum atomic E-state index is 12.6. The van der Waals surface area contributed by atoms with Crippen molar-refractivity contribution < 1.29 is 23.8 Å². The number of fused-ring (bicyclic) bond motifs is 3. The highest BCUT2D eigenvalue weighted by atomic mass is 16.6. The van der Waals surface area contributed by atoms with Gasteiger partial charge >= 0.3 is 11.9 Å². The second-order valence-electron chi connectivity index (χ2n) is 5.88. The number of carbonyl (C=O) groups is 2. The lowest BCUT2D eigenvalue weighted by molar-refractivity contribution is -0.188. The summed E-state index contributed by atoms with van der Waals surface area (Å²) >= 11 is 0. The molecule has 1 aromatic carbocycles. The van der Waals surface area contributed by atoms with Crippen molar-refractivity contribution >= 4 is 18.0 Å². The molecule has 2 heterocycles. The van der Waals surface area contributed by atoms with Crippen LogP contribution in [0.15, 0.2) is 42.2 Å². The predicted octanol–water partition coefficient (Wildman–Crippen LogP) is 2.77. The van der Waals surface area contributed by atoms with E-state index in [0.29, 0.717) is 0 Å². The number of ether oxygens (including phenoxy) is 3. The van der Waals surface area contributed by atoms with Gasteiger partial charge in [0.2, 0.25) is 0 Å². The summed E-state index contributed by atoms with van der Waals surface area (Å²) in [7, 11) is 0. The van der Waals surface area contributed by atoms with Crippen molar-refractivity contribution in [3.63, 3.8) is 0 Å². The SMILES string of the molecule is CCOC(=O)C1=CN2C=Cc3ccccc3C2OC1(C)C(=O)OCC. The molecule has 0 bridgehead atoms. The third-order valence-electron chi connectivity index (χ3n) is 4.26. The van der Waals surface area contributed by atoms with Gasteiger partial charge in [-0.1, -0.05) is 24.3 Å². The zero-order valence-corrected chi connectivity index (χ0v) is 14.5. The number of hydrogen-bond acceptors (Lipinski definition) is 6. The molecule has 0 aromatic heterocycles. The van der Waals surface area contributed by atoms with Crippen LogP contribution >= 0.6 is 0 Å². The lowest BCUT2D eigenvalue weighted by atomic mass is 9.92. The number of benzene rings is 1. The molecular weight excluding hydrogens is 322 g/mol. The molecule has 2 aliphatic rings. The third-order valence-corrected chi connectivity index (χ3v) is 4.26. The molecule has 0 saturated heterocycles. The molecule has 0 amide bonds. The van der Waals surface area contributed by atoms with Crippen LogP contribution < -0.4 is 0 Å². The Kier molecular flexibility index (Phi) is 4.63. The highest BCUT2D eigenvalue weighted by molar-refractivity contribution is 6.00. The maximum Gasteiger partial charge on any atom is 0.343 e. The lowest BCUT2D eigenvalue weighted by Crippen LogP contribution is -2.51. The van der Waals surface area contributed by atoms with E-state index in [1.807, 2.05) is 36.5 Å². The predicted molar refractivity (Wildman–Crippen MR) is 90.9 cm³/mol. The summed E-state index contributed by atoms with van der Waals surface area (Å²) in [6, 6.07) is 7.75. The van der Waals surface area contributed by atoms with Crippen LogP contribution in [0.2, 0.25) is 0 Å². The lowest BCUT2D eigenvalue weighted by Gasteiger charge is -2.43. The van der Waals surface area contributed by atoms with Gasteiger partial charge in [0.25, 0.3) is 0 Å². The first-order chi connectivity index (χ1) is 12.0. The molecule has 25 heavy (non-hydrogen) atoms. The minimum atomic E-state index is -1.54. The Bertz CT molecular complexity index is 754.